The van der Waals surface area contributed by atoms with Crippen LogP contribution in [-0.2, 0) is 23.7 Å². The van der Waals surface area contributed by atoms with E-state index in [-0.39, 0.29) is 6.10 Å². The van der Waals surface area contributed by atoms with Gasteiger partial charge in [0.05, 0.1) is 7.11 Å². The second-order valence-electron chi connectivity index (χ2n) is 12.7. The van der Waals surface area contributed by atoms with Crippen LogP contribution in [0.3, 0.4) is 0 Å². The third-order valence-corrected chi connectivity index (χ3v) is 8.67. The molecule has 9 nitrogen and oxygen atoms in total. The molecule has 0 aliphatic carbocycles. The number of carbonyl (C=O) groups excluding carboxylic acids is 1. The molecule has 3 fully saturated rings. The summed E-state index contributed by atoms with van der Waals surface area (Å²) in [6.07, 6.45) is 13.3. The first-order valence-corrected chi connectivity index (χ1v) is 16.9. The molecule has 1 amide bonds. The average Bonchev–Trinajstić information content (AvgIpc) is 3.49. The molecule has 3 aliphatic heterocycles. The van der Waals surface area contributed by atoms with Gasteiger partial charge in [0.1, 0.15) is 30.2 Å². The first kappa shape index (κ1) is 34.0. The van der Waals surface area contributed by atoms with E-state index >= 15 is 0 Å². The Morgan fingerprint density at radius 2 is 1.56 bits per heavy atom. The number of rotatable bonds is 18. The number of fused-ring (bicyclic) bond motifs is 1. The molecule has 244 valence electrons. The fourth-order valence-corrected chi connectivity index (χ4v) is 6.38. The summed E-state index contributed by atoms with van der Waals surface area (Å²) < 4.78 is 36.7. The van der Waals surface area contributed by atoms with E-state index in [1.165, 1.54) is 57.8 Å². The number of anilines is 1. The van der Waals surface area contributed by atoms with Crippen molar-refractivity contribution in [1.82, 2.24) is 4.90 Å². The van der Waals surface area contributed by atoms with Gasteiger partial charge in [-0.05, 0) is 70.5 Å². The van der Waals surface area contributed by atoms with E-state index in [1.54, 1.807) is 31.4 Å². The predicted octanol–water partition coefficient (Wildman–Crippen LogP) is 7.28. The number of piperidine rings is 1. The molecule has 0 bridgehead atoms. The number of amides is 1. The van der Waals surface area contributed by atoms with Gasteiger partial charge in [0.15, 0.2) is 12.1 Å². The predicted molar refractivity (Wildman–Crippen MR) is 167 cm³/mol. The van der Waals surface area contributed by atoms with Crippen LogP contribution in [0.4, 0.5) is 10.5 Å². The summed E-state index contributed by atoms with van der Waals surface area (Å²) in [5.41, 5.74) is 0.632. The molecule has 0 radical (unpaired) electrons. The van der Waals surface area contributed by atoms with Crippen LogP contribution >= 0.6 is 0 Å². The maximum absolute atomic E-state index is 13.1. The molecular formula is C34H56N2O7. The Bertz CT molecular complexity index is 937. The second-order valence-corrected chi connectivity index (χ2v) is 12.7. The summed E-state index contributed by atoms with van der Waals surface area (Å²) in [6, 6.07) is 7.17. The van der Waals surface area contributed by atoms with Crippen LogP contribution in [0.2, 0.25) is 0 Å². The van der Waals surface area contributed by atoms with Crippen LogP contribution in [0.25, 0.3) is 0 Å². The number of nitrogens with zero attached hydrogens (tertiary/aromatic N) is 1. The number of nitrogens with one attached hydrogen (secondary N) is 1. The molecule has 1 N–H and O–H groups in total. The summed E-state index contributed by atoms with van der Waals surface area (Å²) in [7, 11) is 1.61. The van der Waals surface area contributed by atoms with Crippen molar-refractivity contribution < 1.29 is 33.2 Å². The third kappa shape index (κ3) is 10.9. The smallest absolute Gasteiger partial charge is 0.412 e. The van der Waals surface area contributed by atoms with E-state index in [1.807, 2.05) is 13.8 Å². The highest BCUT2D eigenvalue weighted by Crippen LogP contribution is 2.41. The molecule has 43 heavy (non-hydrogen) atoms. The average molecular weight is 605 g/mol. The van der Waals surface area contributed by atoms with Gasteiger partial charge in [0, 0.05) is 18.8 Å². The van der Waals surface area contributed by atoms with Gasteiger partial charge >= 0.3 is 6.09 Å². The summed E-state index contributed by atoms with van der Waals surface area (Å²) in [6.45, 7) is 9.22. The molecule has 0 aromatic heterocycles. The van der Waals surface area contributed by atoms with E-state index in [4.69, 9.17) is 28.4 Å². The van der Waals surface area contributed by atoms with Gasteiger partial charge in [-0.2, -0.15) is 0 Å². The number of hydrogen-bond acceptors (Lipinski definition) is 8. The SMILES string of the molecule is CCCCCCCCCCCCO[C@H]1O[C@H]([C@@H](CN2CCCCC2)OC(=O)Nc2ccc(OC)cc2)[C@@H]2OC(C)(C)O[C@H]12. The molecule has 4 rings (SSSR count). The van der Waals surface area contributed by atoms with Crippen molar-refractivity contribution in [3.63, 3.8) is 0 Å². The molecule has 9 heteroatoms. The zero-order valence-electron chi connectivity index (χ0n) is 27.0. The largest absolute Gasteiger partial charge is 0.497 e. The van der Waals surface area contributed by atoms with Crippen molar-refractivity contribution in [2.24, 2.45) is 0 Å². The lowest BCUT2D eigenvalue weighted by molar-refractivity contribution is -0.243. The Labute approximate surface area is 259 Å². The number of carbonyl (C=O) groups is 1. The van der Waals surface area contributed by atoms with Crippen molar-refractivity contribution in [2.45, 2.75) is 141 Å². The van der Waals surface area contributed by atoms with Crippen LogP contribution in [-0.4, -0.2) is 80.8 Å². The van der Waals surface area contributed by atoms with Crippen molar-refractivity contribution in [2.75, 3.05) is 38.7 Å². The Balaban J connectivity index is 1.31. The van der Waals surface area contributed by atoms with Crippen LogP contribution in [0.15, 0.2) is 24.3 Å². The van der Waals surface area contributed by atoms with Crippen molar-refractivity contribution in [3.8, 4) is 5.75 Å². The minimum atomic E-state index is -0.767. The molecule has 0 spiro atoms. The first-order valence-electron chi connectivity index (χ1n) is 16.9. The van der Waals surface area contributed by atoms with Gasteiger partial charge < -0.3 is 28.4 Å². The number of unbranched alkanes of at least 4 members (excludes halogenated alkanes) is 9. The molecular weight excluding hydrogens is 548 g/mol. The number of methoxy groups -OCH3 is 1. The van der Waals surface area contributed by atoms with Crippen LogP contribution in [0.1, 0.15) is 104 Å². The van der Waals surface area contributed by atoms with Crippen LogP contribution in [0.5, 0.6) is 5.75 Å². The number of ether oxygens (including phenoxy) is 6. The quantitative estimate of drug-likeness (QED) is 0.175. The lowest BCUT2D eigenvalue weighted by Crippen LogP contribution is -2.49. The van der Waals surface area contributed by atoms with E-state index in [0.29, 0.717) is 18.8 Å². The monoisotopic (exact) mass is 604 g/mol. The zero-order valence-corrected chi connectivity index (χ0v) is 27.0. The summed E-state index contributed by atoms with van der Waals surface area (Å²) in [4.78, 5) is 15.5. The standard InChI is InChI=1S/C34H56N2O7/c1-5-6-7-8-9-10-11-12-13-17-24-39-32-31-30(42-34(2,3)43-31)29(41-32)28(25-36-22-15-14-16-23-36)40-33(37)35-26-18-20-27(38-4)21-19-26/h18-21,28-32H,5-17,22-25H2,1-4H3,(H,35,37)/t28-,29-,30+,31+,32+/m1/s1. The minimum Gasteiger partial charge on any atom is -0.497 e. The third-order valence-electron chi connectivity index (χ3n) is 8.67. The summed E-state index contributed by atoms with van der Waals surface area (Å²) in [5.74, 6) is -0.0472. The summed E-state index contributed by atoms with van der Waals surface area (Å²) >= 11 is 0. The van der Waals surface area contributed by atoms with Gasteiger partial charge in [-0.1, -0.05) is 71.1 Å². The number of hydrogen-bond donors (Lipinski definition) is 1. The fraction of sp³-hybridized carbons (Fsp3) is 0.794. The topological polar surface area (TPSA) is 87.7 Å². The summed E-state index contributed by atoms with van der Waals surface area (Å²) in [5, 5.41) is 2.85. The maximum atomic E-state index is 13.1. The highest BCUT2D eigenvalue weighted by atomic mass is 16.8. The molecule has 0 unspecified atom stereocenters. The van der Waals surface area contributed by atoms with E-state index in [9.17, 15) is 4.79 Å². The normalized spacial score (nSPS) is 25.8. The van der Waals surface area contributed by atoms with Gasteiger partial charge in [0.2, 0.25) is 0 Å². The second kappa shape index (κ2) is 17.5. The first-order chi connectivity index (χ1) is 20.9. The molecule has 1 aromatic carbocycles. The highest BCUT2D eigenvalue weighted by molar-refractivity contribution is 5.84. The van der Waals surface area contributed by atoms with E-state index in [0.717, 1.165) is 44.5 Å². The van der Waals surface area contributed by atoms with Gasteiger partial charge in [-0.25, -0.2) is 4.79 Å². The van der Waals surface area contributed by atoms with Gasteiger partial charge in [-0.15, -0.1) is 0 Å². The van der Waals surface area contributed by atoms with Gasteiger partial charge in [0.25, 0.3) is 0 Å². The molecule has 3 saturated heterocycles. The molecule has 5 atom stereocenters. The molecule has 3 heterocycles. The maximum Gasteiger partial charge on any atom is 0.412 e. The van der Waals surface area contributed by atoms with Crippen LogP contribution in [0, 0.1) is 0 Å². The van der Waals surface area contributed by atoms with Crippen molar-refractivity contribution in [1.29, 1.82) is 0 Å². The van der Waals surface area contributed by atoms with Crippen molar-refractivity contribution >= 4 is 11.8 Å². The van der Waals surface area contributed by atoms with E-state index < -0.39 is 36.5 Å². The lowest BCUT2D eigenvalue weighted by atomic mass is 10.0. The van der Waals surface area contributed by atoms with Crippen LogP contribution < -0.4 is 10.1 Å². The fourth-order valence-electron chi connectivity index (χ4n) is 6.38. The Kier molecular flexibility index (Phi) is 13.9. The molecule has 0 saturated carbocycles. The van der Waals surface area contributed by atoms with Crippen molar-refractivity contribution in [3.05, 3.63) is 24.3 Å². The molecule has 3 aliphatic rings. The Hall–Kier alpha value is -1.91. The van der Waals surface area contributed by atoms with E-state index in [2.05, 4.69) is 17.1 Å². The Morgan fingerprint density at radius 3 is 2.21 bits per heavy atom. The number of likely N-dealkylation sites (tertiary alicyclic amines) is 1. The number of benzene rings is 1. The highest BCUT2D eigenvalue weighted by Gasteiger charge is 2.58. The Morgan fingerprint density at radius 1 is 0.930 bits per heavy atom. The molecule has 1 aromatic rings. The zero-order chi connectivity index (χ0) is 30.5. The van der Waals surface area contributed by atoms with Gasteiger partial charge in [-0.3, -0.25) is 10.2 Å². The minimum absolute atomic E-state index is 0.375. The lowest BCUT2D eigenvalue weighted by Gasteiger charge is -2.34.